The van der Waals surface area contributed by atoms with Gasteiger partial charge in [0.1, 0.15) is 6.29 Å². The lowest BCUT2D eigenvalue weighted by Crippen LogP contribution is -2.49. The molecule has 4 nitrogen and oxygen atoms in total. The maximum absolute atomic E-state index is 5.63. The van der Waals surface area contributed by atoms with Crippen molar-refractivity contribution in [3.8, 4) is 0 Å². The number of hydrogen-bond acceptors (Lipinski definition) is 4. The van der Waals surface area contributed by atoms with Crippen LogP contribution in [0.25, 0.3) is 0 Å². The summed E-state index contributed by atoms with van der Waals surface area (Å²) in [6.07, 6.45) is -0.0231. The Kier molecular flexibility index (Phi) is 2.02. The van der Waals surface area contributed by atoms with Gasteiger partial charge in [0, 0.05) is 6.04 Å². The van der Waals surface area contributed by atoms with Crippen molar-refractivity contribution in [2.75, 3.05) is 6.67 Å². The maximum Gasteiger partial charge on any atom is 0.126 e. The zero-order valence-corrected chi connectivity index (χ0v) is 5.89. The molecular formula is C5H14N4. The molecule has 1 atom stereocenters. The smallest absolute Gasteiger partial charge is 0.126 e. The van der Waals surface area contributed by atoms with Crippen molar-refractivity contribution in [1.82, 2.24) is 15.8 Å². The second-order valence-electron chi connectivity index (χ2n) is 2.48. The normalized spacial score (nSPS) is 30.0. The topological polar surface area (TPSA) is 53.3 Å². The fourth-order valence-corrected chi connectivity index (χ4v) is 0.942. The van der Waals surface area contributed by atoms with E-state index in [1.807, 2.05) is 5.01 Å². The summed E-state index contributed by atoms with van der Waals surface area (Å²) in [6.45, 7) is 4.97. The van der Waals surface area contributed by atoms with Gasteiger partial charge in [0.25, 0.3) is 0 Å². The lowest BCUT2D eigenvalue weighted by atomic mass is 10.4. The lowest BCUT2D eigenvalue weighted by Gasteiger charge is -2.23. The van der Waals surface area contributed by atoms with Crippen molar-refractivity contribution in [2.24, 2.45) is 5.73 Å². The van der Waals surface area contributed by atoms with E-state index in [4.69, 9.17) is 5.73 Å². The highest BCUT2D eigenvalue weighted by Gasteiger charge is 2.21. The minimum Gasteiger partial charge on any atom is -0.302 e. The highest BCUT2D eigenvalue weighted by atomic mass is 15.7. The molecule has 1 unspecified atom stereocenters. The van der Waals surface area contributed by atoms with Gasteiger partial charge in [-0.3, -0.25) is 5.32 Å². The fourth-order valence-electron chi connectivity index (χ4n) is 0.942. The second kappa shape index (κ2) is 2.62. The highest BCUT2D eigenvalue weighted by Crippen LogP contribution is 1.97. The minimum absolute atomic E-state index is 0.0231. The third-order valence-electron chi connectivity index (χ3n) is 1.43. The lowest BCUT2D eigenvalue weighted by molar-refractivity contribution is 0.139. The van der Waals surface area contributed by atoms with Gasteiger partial charge in [0.15, 0.2) is 0 Å². The molecule has 1 saturated heterocycles. The summed E-state index contributed by atoms with van der Waals surface area (Å²) in [7, 11) is 0. The van der Waals surface area contributed by atoms with Crippen LogP contribution in [0.4, 0.5) is 0 Å². The summed E-state index contributed by atoms with van der Waals surface area (Å²) in [5.41, 5.74) is 8.74. The molecule has 0 aromatic rings. The molecular weight excluding hydrogens is 116 g/mol. The van der Waals surface area contributed by atoms with Crippen molar-refractivity contribution in [3.63, 3.8) is 0 Å². The largest absolute Gasteiger partial charge is 0.302 e. The van der Waals surface area contributed by atoms with Crippen molar-refractivity contribution < 1.29 is 0 Å². The van der Waals surface area contributed by atoms with Crippen LogP contribution >= 0.6 is 0 Å². The summed E-state index contributed by atoms with van der Waals surface area (Å²) in [6, 6.07) is 0.454. The molecule has 0 saturated carbocycles. The zero-order chi connectivity index (χ0) is 6.85. The molecule has 0 radical (unpaired) electrons. The first kappa shape index (κ1) is 6.95. The van der Waals surface area contributed by atoms with Crippen LogP contribution < -0.4 is 16.5 Å². The molecule has 9 heavy (non-hydrogen) atoms. The van der Waals surface area contributed by atoms with Crippen LogP contribution in [-0.4, -0.2) is 24.0 Å². The Balaban J connectivity index is 2.40. The Morgan fingerprint density at radius 1 is 1.67 bits per heavy atom. The van der Waals surface area contributed by atoms with Gasteiger partial charge in [0.05, 0.1) is 6.67 Å². The van der Waals surface area contributed by atoms with E-state index in [1.54, 1.807) is 0 Å². The summed E-state index contributed by atoms with van der Waals surface area (Å²) in [5, 5.41) is 5.03. The first-order valence-corrected chi connectivity index (χ1v) is 3.22. The molecule has 0 spiro atoms. The standard InChI is InChI=1S/C5H14N4/c1-4(2)9-5(6)7-3-8-9/h4-5,7-8H,3,6H2,1-2H3. The van der Waals surface area contributed by atoms with E-state index in [0.29, 0.717) is 6.04 Å². The van der Waals surface area contributed by atoms with Gasteiger partial charge in [-0.1, -0.05) is 0 Å². The summed E-state index contributed by atoms with van der Waals surface area (Å²) < 4.78 is 0. The Morgan fingerprint density at radius 2 is 2.33 bits per heavy atom. The Morgan fingerprint density at radius 3 is 2.56 bits per heavy atom. The molecule has 1 heterocycles. The Bertz CT molecular complexity index is 93.0. The predicted molar refractivity (Wildman–Crippen MR) is 36.1 cm³/mol. The first-order valence-electron chi connectivity index (χ1n) is 3.22. The van der Waals surface area contributed by atoms with Crippen LogP contribution in [0.2, 0.25) is 0 Å². The van der Waals surface area contributed by atoms with E-state index in [9.17, 15) is 0 Å². The molecule has 54 valence electrons. The number of rotatable bonds is 1. The number of nitrogens with one attached hydrogen (secondary N) is 2. The molecule has 4 N–H and O–H groups in total. The maximum atomic E-state index is 5.63. The molecule has 4 heteroatoms. The van der Waals surface area contributed by atoms with Crippen molar-refractivity contribution in [1.29, 1.82) is 0 Å². The molecule has 0 bridgehead atoms. The minimum atomic E-state index is -0.0231. The molecule has 1 aliphatic heterocycles. The molecule has 0 aliphatic carbocycles. The quantitative estimate of drug-likeness (QED) is 0.426. The van der Waals surface area contributed by atoms with Gasteiger partial charge in [-0.15, -0.1) is 0 Å². The van der Waals surface area contributed by atoms with E-state index < -0.39 is 0 Å². The van der Waals surface area contributed by atoms with Crippen LogP contribution in [0, 0.1) is 0 Å². The van der Waals surface area contributed by atoms with Crippen molar-refractivity contribution in [2.45, 2.75) is 26.2 Å². The van der Waals surface area contributed by atoms with Gasteiger partial charge in [-0.2, -0.15) is 0 Å². The van der Waals surface area contributed by atoms with Crippen molar-refractivity contribution >= 4 is 0 Å². The first-order chi connectivity index (χ1) is 4.22. The average Bonchev–Trinajstić information content (AvgIpc) is 2.13. The number of nitrogens with two attached hydrogens (primary N) is 1. The molecule has 0 aromatic heterocycles. The van der Waals surface area contributed by atoms with Gasteiger partial charge >= 0.3 is 0 Å². The van der Waals surface area contributed by atoms with Crippen LogP contribution in [0.5, 0.6) is 0 Å². The summed E-state index contributed by atoms with van der Waals surface area (Å²) in [5.74, 6) is 0. The van der Waals surface area contributed by atoms with E-state index in [-0.39, 0.29) is 6.29 Å². The number of hydrazine groups is 1. The third kappa shape index (κ3) is 1.40. The monoisotopic (exact) mass is 130 g/mol. The molecule has 0 amide bonds. The third-order valence-corrected chi connectivity index (χ3v) is 1.43. The summed E-state index contributed by atoms with van der Waals surface area (Å²) >= 11 is 0. The summed E-state index contributed by atoms with van der Waals surface area (Å²) in [4.78, 5) is 0. The molecule has 1 aliphatic rings. The SMILES string of the molecule is CC(C)N1NCNC1N. The van der Waals surface area contributed by atoms with E-state index in [1.165, 1.54) is 0 Å². The van der Waals surface area contributed by atoms with Crippen molar-refractivity contribution in [3.05, 3.63) is 0 Å². The van der Waals surface area contributed by atoms with E-state index >= 15 is 0 Å². The molecule has 1 rings (SSSR count). The van der Waals surface area contributed by atoms with Gasteiger partial charge in [-0.25, -0.2) is 10.4 Å². The van der Waals surface area contributed by atoms with Crippen LogP contribution in [-0.2, 0) is 0 Å². The Hall–Kier alpha value is -0.160. The van der Waals surface area contributed by atoms with E-state index in [2.05, 4.69) is 24.6 Å². The van der Waals surface area contributed by atoms with Crippen LogP contribution in [0.15, 0.2) is 0 Å². The predicted octanol–water partition coefficient (Wildman–Crippen LogP) is -0.996. The highest BCUT2D eigenvalue weighted by molar-refractivity contribution is 4.68. The number of hydrogen-bond donors (Lipinski definition) is 3. The zero-order valence-electron chi connectivity index (χ0n) is 5.89. The molecule has 0 aromatic carbocycles. The van der Waals surface area contributed by atoms with Crippen LogP contribution in [0.3, 0.4) is 0 Å². The average molecular weight is 130 g/mol. The number of nitrogens with zero attached hydrogens (tertiary/aromatic N) is 1. The fraction of sp³-hybridized carbons (Fsp3) is 1.00. The Labute approximate surface area is 55.4 Å². The second-order valence-corrected chi connectivity index (χ2v) is 2.48. The van der Waals surface area contributed by atoms with Gasteiger partial charge in [0.2, 0.25) is 0 Å². The van der Waals surface area contributed by atoms with Gasteiger partial charge in [-0.05, 0) is 13.8 Å². The van der Waals surface area contributed by atoms with Crippen LogP contribution in [0.1, 0.15) is 13.8 Å². The van der Waals surface area contributed by atoms with Gasteiger partial charge < -0.3 is 5.73 Å². The van der Waals surface area contributed by atoms with E-state index in [0.717, 1.165) is 6.67 Å². The molecule has 1 fully saturated rings.